The van der Waals surface area contributed by atoms with Gasteiger partial charge in [0.15, 0.2) is 0 Å². The maximum absolute atomic E-state index is 11.9. The number of hydrogen-bond acceptors (Lipinski definition) is 4. The van der Waals surface area contributed by atoms with Crippen molar-refractivity contribution in [1.82, 2.24) is 12.9 Å². The molecule has 0 aromatic carbocycles. The van der Waals surface area contributed by atoms with E-state index in [1.54, 1.807) is 0 Å². The van der Waals surface area contributed by atoms with Gasteiger partial charge >= 0.3 is 0 Å². The van der Waals surface area contributed by atoms with Gasteiger partial charge in [-0.15, -0.1) is 11.6 Å². The summed E-state index contributed by atoms with van der Waals surface area (Å²) in [5.74, 6) is 0.311. The minimum atomic E-state index is -3.46. The van der Waals surface area contributed by atoms with Gasteiger partial charge in [-0.3, -0.25) is 0 Å². The number of hydrogen-bond donors (Lipinski definition) is 0. The lowest BCUT2D eigenvalue weighted by molar-refractivity contribution is 0.262. The SMILES string of the molecule is CN(C)S(=O)(=O)N1CCN(S(=O)(=O)CCCCl)CC1. The van der Waals surface area contributed by atoms with Gasteiger partial charge in [0.05, 0.1) is 5.75 Å². The molecular weight excluding hydrogens is 314 g/mol. The zero-order chi connectivity index (χ0) is 14.7. The monoisotopic (exact) mass is 333 g/mol. The van der Waals surface area contributed by atoms with E-state index in [4.69, 9.17) is 11.6 Å². The van der Waals surface area contributed by atoms with E-state index in [0.29, 0.717) is 12.3 Å². The lowest BCUT2D eigenvalue weighted by atomic mass is 10.4. The summed E-state index contributed by atoms with van der Waals surface area (Å²) >= 11 is 5.49. The zero-order valence-electron chi connectivity index (χ0n) is 11.1. The van der Waals surface area contributed by atoms with Crippen LogP contribution in [0.4, 0.5) is 0 Å². The molecule has 0 amide bonds. The molecule has 7 nitrogen and oxygen atoms in total. The lowest BCUT2D eigenvalue weighted by Gasteiger charge is -2.34. The van der Waals surface area contributed by atoms with E-state index in [9.17, 15) is 16.8 Å². The number of piperazine rings is 1. The minimum Gasteiger partial charge on any atom is -0.212 e. The number of nitrogens with zero attached hydrogens (tertiary/aromatic N) is 3. The first-order chi connectivity index (χ1) is 8.71. The van der Waals surface area contributed by atoms with Crippen LogP contribution >= 0.6 is 11.6 Å². The summed E-state index contributed by atoms with van der Waals surface area (Å²) in [6.07, 6.45) is 0.403. The van der Waals surface area contributed by atoms with Crippen molar-refractivity contribution in [2.45, 2.75) is 6.42 Å². The highest BCUT2D eigenvalue weighted by Gasteiger charge is 2.32. The van der Waals surface area contributed by atoms with Crippen molar-refractivity contribution < 1.29 is 16.8 Å². The highest BCUT2D eigenvalue weighted by Crippen LogP contribution is 2.13. The Kier molecular flexibility index (Phi) is 6.02. The molecule has 0 spiro atoms. The molecule has 0 aliphatic carbocycles. The molecule has 1 fully saturated rings. The molecule has 0 radical (unpaired) electrons. The smallest absolute Gasteiger partial charge is 0.212 e. The van der Waals surface area contributed by atoms with Crippen LogP contribution in [0.1, 0.15) is 6.42 Å². The van der Waals surface area contributed by atoms with Crippen molar-refractivity contribution >= 4 is 31.8 Å². The predicted octanol–water partition coefficient (Wildman–Crippen LogP) is -0.631. The molecule has 19 heavy (non-hydrogen) atoms. The van der Waals surface area contributed by atoms with Crippen LogP contribution in [0, 0.1) is 0 Å². The summed E-state index contributed by atoms with van der Waals surface area (Å²) < 4.78 is 51.4. The van der Waals surface area contributed by atoms with Gasteiger partial charge in [-0.25, -0.2) is 8.42 Å². The molecule has 1 heterocycles. The first-order valence-electron chi connectivity index (χ1n) is 5.93. The fourth-order valence-corrected chi connectivity index (χ4v) is 4.64. The van der Waals surface area contributed by atoms with Gasteiger partial charge in [0.25, 0.3) is 10.2 Å². The Morgan fingerprint density at radius 2 is 1.47 bits per heavy atom. The summed E-state index contributed by atoms with van der Waals surface area (Å²) in [6, 6.07) is 0. The van der Waals surface area contributed by atoms with Crippen LogP contribution in [0.3, 0.4) is 0 Å². The Morgan fingerprint density at radius 1 is 1.00 bits per heavy atom. The summed E-state index contributed by atoms with van der Waals surface area (Å²) in [5.41, 5.74) is 0. The van der Waals surface area contributed by atoms with Gasteiger partial charge in [-0.1, -0.05) is 0 Å². The second-order valence-corrected chi connectivity index (χ2v) is 9.06. The van der Waals surface area contributed by atoms with Gasteiger partial charge in [-0.2, -0.15) is 21.3 Å². The molecule has 0 unspecified atom stereocenters. The third-order valence-electron chi connectivity index (χ3n) is 2.91. The molecule has 1 saturated heterocycles. The van der Waals surface area contributed by atoms with Crippen LogP contribution in [0.2, 0.25) is 0 Å². The Labute approximate surface area is 120 Å². The van der Waals surface area contributed by atoms with Crippen LogP contribution < -0.4 is 0 Å². The molecule has 1 aliphatic heterocycles. The van der Waals surface area contributed by atoms with Gasteiger partial charge < -0.3 is 0 Å². The van der Waals surface area contributed by atoms with Crippen LogP contribution in [0.25, 0.3) is 0 Å². The quantitative estimate of drug-likeness (QED) is 0.606. The largest absolute Gasteiger partial charge is 0.281 e. The number of rotatable bonds is 6. The van der Waals surface area contributed by atoms with E-state index in [-0.39, 0.29) is 31.9 Å². The van der Waals surface area contributed by atoms with Crippen LogP contribution in [0.15, 0.2) is 0 Å². The van der Waals surface area contributed by atoms with Crippen LogP contribution in [0.5, 0.6) is 0 Å². The standard InChI is InChI=1S/C9H20ClN3O4S2/c1-11(2)19(16,17)13-7-5-12(6-8-13)18(14,15)9-3-4-10/h3-9H2,1-2H3. The van der Waals surface area contributed by atoms with E-state index in [0.717, 1.165) is 4.31 Å². The molecule has 0 N–H and O–H groups in total. The van der Waals surface area contributed by atoms with Gasteiger partial charge in [0.2, 0.25) is 10.0 Å². The Morgan fingerprint density at radius 3 is 1.89 bits per heavy atom. The fourth-order valence-electron chi connectivity index (χ4n) is 1.78. The second-order valence-electron chi connectivity index (χ2n) is 4.45. The van der Waals surface area contributed by atoms with Crippen LogP contribution in [-0.4, -0.2) is 81.7 Å². The maximum atomic E-state index is 11.9. The summed E-state index contributed by atoms with van der Waals surface area (Å²) in [4.78, 5) is 0. The number of halogens is 1. The molecule has 114 valence electrons. The zero-order valence-corrected chi connectivity index (χ0v) is 13.5. The first kappa shape index (κ1) is 17.1. The van der Waals surface area contributed by atoms with E-state index in [1.807, 2.05) is 0 Å². The molecule has 0 aromatic rings. The van der Waals surface area contributed by atoms with Gasteiger partial charge in [-0.05, 0) is 6.42 Å². The van der Waals surface area contributed by atoms with Crippen molar-refractivity contribution in [3.8, 4) is 0 Å². The minimum absolute atomic E-state index is 0.0108. The van der Waals surface area contributed by atoms with Crippen molar-refractivity contribution in [3.63, 3.8) is 0 Å². The van der Waals surface area contributed by atoms with Crippen molar-refractivity contribution in [3.05, 3.63) is 0 Å². The Bertz CT molecular complexity index is 484. The molecular formula is C9H20ClN3O4S2. The molecule has 0 atom stereocenters. The average molecular weight is 334 g/mol. The summed E-state index contributed by atoms with van der Waals surface area (Å²) in [5, 5.41) is 0. The molecule has 0 aromatic heterocycles. The number of sulfonamides is 1. The molecule has 1 aliphatic rings. The van der Waals surface area contributed by atoms with E-state index in [1.165, 1.54) is 22.7 Å². The van der Waals surface area contributed by atoms with Crippen LogP contribution in [-0.2, 0) is 20.2 Å². The lowest BCUT2D eigenvalue weighted by Crippen LogP contribution is -2.53. The van der Waals surface area contributed by atoms with E-state index in [2.05, 4.69) is 0 Å². The molecule has 0 saturated carbocycles. The second kappa shape index (κ2) is 6.68. The highest BCUT2D eigenvalue weighted by atomic mass is 35.5. The normalized spacial score (nSPS) is 20.0. The molecule has 10 heteroatoms. The van der Waals surface area contributed by atoms with Crippen molar-refractivity contribution in [1.29, 1.82) is 0 Å². The Hall–Kier alpha value is 0.0700. The third-order valence-corrected chi connectivity index (χ3v) is 7.08. The van der Waals surface area contributed by atoms with E-state index < -0.39 is 20.2 Å². The summed E-state index contributed by atoms with van der Waals surface area (Å²) in [7, 11) is -3.87. The fraction of sp³-hybridized carbons (Fsp3) is 1.00. The third kappa shape index (κ3) is 4.27. The van der Waals surface area contributed by atoms with Crippen molar-refractivity contribution in [2.24, 2.45) is 0 Å². The van der Waals surface area contributed by atoms with Gasteiger partial charge in [0, 0.05) is 46.2 Å². The first-order valence-corrected chi connectivity index (χ1v) is 9.47. The summed E-state index contributed by atoms with van der Waals surface area (Å²) in [6.45, 7) is 0.747. The highest BCUT2D eigenvalue weighted by molar-refractivity contribution is 7.89. The van der Waals surface area contributed by atoms with E-state index >= 15 is 0 Å². The molecule has 0 bridgehead atoms. The number of alkyl halides is 1. The molecule has 1 rings (SSSR count). The topological polar surface area (TPSA) is 78.0 Å². The van der Waals surface area contributed by atoms with Crippen molar-refractivity contribution in [2.75, 3.05) is 51.9 Å². The van der Waals surface area contributed by atoms with Gasteiger partial charge in [0.1, 0.15) is 0 Å². The Balaban J connectivity index is 2.63. The predicted molar refractivity (Wildman–Crippen MR) is 74.9 cm³/mol. The average Bonchev–Trinajstić information content (AvgIpc) is 2.36. The maximum Gasteiger partial charge on any atom is 0.281 e.